The van der Waals surface area contributed by atoms with E-state index in [-0.39, 0.29) is 5.56 Å². The van der Waals surface area contributed by atoms with Gasteiger partial charge in [-0.1, -0.05) is 36.4 Å². The molecule has 0 fully saturated rings. The van der Waals surface area contributed by atoms with E-state index in [0.717, 1.165) is 38.0 Å². The highest BCUT2D eigenvalue weighted by atomic mass is 32.1. The van der Waals surface area contributed by atoms with Crippen LogP contribution in [0.5, 0.6) is 0 Å². The molecule has 0 saturated carbocycles. The maximum Gasteiger partial charge on any atom is 0.249 e. The van der Waals surface area contributed by atoms with Gasteiger partial charge in [-0.15, -0.1) is 11.3 Å². The molecule has 3 heterocycles. The molecular formula is C21H13N3OS. The minimum atomic E-state index is -0.150. The van der Waals surface area contributed by atoms with Gasteiger partial charge in [0.15, 0.2) is 0 Å². The summed E-state index contributed by atoms with van der Waals surface area (Å²) in [6.07, 6.45) is 0. The zero-order valence-electron chi connectivity index (χ0n) is 13.6. The van der Waals surface area contributed by atoms with Crippen molar-refractivity contribution >= 4 is 32.6 Å². The van der Waals surface area contributed by atoms with Crippen LogP contribution in [0.25, 0.3) is 43.6 Å². The molecule has 0 radical (unpaired) electrons. The summed E-state index contributed by atoms with van der Waals surface area (Å²) in [6, 6.07) is 21.7. The number of H-pyrrole nitrogens is 1. The molecule has 0 atom stereocenters. The van der Waals surface area contributed by atoms with Crippen molar-refractivity contribution in [1.82, 2.24) is 15.0 Å². The fraction of sp³-hybridized carbons (Fsp3) is 0. The standard InChI is InChI=1S/C21H13N3OS/c25-19-9-7-15-10-16(14-6-8-17-18(11-14)26-12-22-17)20(24-21(15)23-19)13-4-2-1-3-5-13/h1-12H,(H,23,24,25). The molecule has 0 saturated heterocycles. The van der Waals surface area contributed by atoms with E-state index >= 15 is 0 Å². The van der Waals surface area contributed by atoms with Crippen LogP contribution in [0.15, 0.2) is 77.0 Å². The summed E-state index contributed by atoms with van der Waals surface area (Å²) in [6.45, 7) is 0. The molecule has 0 spiro atoms. The van der Waals surface area contributed by atoms with E-state index in [0.29, 0.717) is 5.65 Å². The summed E-state index contributed by atoms with van der Waals surface area (Å²) in [5.41, 5.74) is 7.28. The lowest BCUT2D eigenvalue weighted by molar-refractivity contribution is 1.23. The number of thiazole rings is 1. The first-order valence-corrected chi connectivity index (χ1v) is 9.09. The molecule has 0 amide bonds. The molecule has 26 heavy (non-hydrogen) atoms. The Bertz CT molecular complexity index is 1310. The summed E-state index contributed by atoms with van der Waals surface area (Å²) >= 11 is 1.62. The third kappa shape index (κ3) is 2.50. The minimum Gasteiger partial charge on any atom is -0.307 e. The Labute approximate surface area is 152 Å². The molecule has 5 heteroatoms. The van der Waals surface area contributed by atoms with Gasteiger partial charge in [-0.2, -0.15) is 0 Å². The first-order chi connectivity index (χ1) is 12.8. The molecule has 5 rings (SSSR count). The van der Waals surface area contributed by atoms with E-state index in [2.05, 4.69) is 28.2 Å². The number of rotatable bonds is 2. The summed E-state index contributed by atoms with van der Waals surface area (Å²) in [5.74, 6) is 0. The molecule has 0 aliphatic rings. The quantitative estimate of drug-likeness (QED) is 0.492. The number of pyridine rings is 2. The average Bonchev–Trinajstić information content (AvgIpc) is 3.15. The van der Waals surface area contributed by atoms with Gasteiger partial charge >= 0.3 is 0 Å². The topological polar surface area (TPSA) is 58.6 Å². The molecule has 1 N–H and O–H groups in total. The molecule has 3 aromatic heterocycles. The van der Waals surface area contributed by atoms with Crippen LogP contribution in [0, 0.1) is 0 Å². The fourth-order valence-corrected chi connectivity index (χ4v) is 3.85. The Morgan fingerprint density at radius 3 is 2.65 bits per heavy atom. The van der Waals surface area contributed by atoms with Crippen LogP contribution in [0.1, 0.15) is 0 Å². The highest BCUT2D eigenvalue weighted by Crippen LogP contribution is 2.34. The molecule has 124 valence electrons. The number of benzene rings is 2. The smallest absolute Gasteiger partial charge is 0.249 e. The fourth-order valence-electron chi connectivity index (χ4n) is 3.14. The lowest BCUT2D eigenvalue weighted by Gasteiger charge is -2.11. The van der Waals surface area contributed by atoms with Crippen molar-refractivity contribution in [2.45, 2.75) is 0 Å². The Balaban J connectivity index is 1.84. The van der Waals surface area contributed by atoms with Gasteiger partial charge < -0.3 is 4.98 Å². The van der Waals surface area contributed by atoms with Crippen molar-refractivity contribution in [2.75, 3.05) is 0 Å². The molecule has 0 bridgehead atoms. The van der Waals surface area contributed by atoms with Gasteiger partial charge in [0, 0.05) is 22.6 Å². The number of aromatic amines is 1. The first-order valence-electron chi connectivity index (χ1n) is 8.21. The van der Waals surface area contributed by atoms with E-state index in [1.165, 1.54) is 6.07 Å². The molecule has 0 aliphatic heterocycles. The zero-order valence-corrected chi connectivity index (χ0v) is 14.5. The summed E-state index contributed by atoms with van der Waals surface area (Å²) in [4.78, 5) is 23.7. The lowest BCUT2D eigenvalue weighted by atomic mass is 9.98. The number of nitrogens with zero attached hydrogens (tertiary/aromatic N) is 2. The maximum atomic E-state index is 11.7. The second-order valence-corrected chi connectivity index (χ2v) is 6.93. The zero-order chi connectivity index (χ0) is 17.5. The van der Waals surface area contributed by atoms with Gasteiger partial charge in [0.1, 0.15) is 5.65 Å². The Morgan fingerprint density at radius 2 is 1.77 bits per heavy atom. The largest absolute Gasteiger partial charge is 0.307 e. The monoisotopic (exact) mass is 355 g/mol. The lowest BCUT2D eigenvalue weighted by Crippen LogP contribution is -2.04. The molecule has 0 unspecified atom stereocenters. The van der Waals surface area contributed by atoms with Gasteiger partial charge in [-0.25, -0.2) is 9.97 Å². The van der Waals surface area contributed by atoms with Crippen LogP contribution in [0.3, 0.4) is 0 Å². The second-order valence-electron chi connectivity index (χ2n) is 6.05. The number of hydrogen-bond acceptors (Lipinski definition) is 4. The van der Waals surface area contributed by atoms with Crippen LogP contribution in [0.4, 0.5) is 0 Å². The Morgan fingerprint density at radius 1 is 0.885 bits per heavy atom. The van der Waals surface area contributed by atoms with Gasteiger partial charge in [0.25, 0.3) is 0 Å². The van der Waals surface area contributed by atoms with Crippen LogP contribution >= 0.6 is 11.3 Å². The molecule has 0 aliphatic carbocycles. The highest BCUT2D eigenvalue weighted by Gasteiger charge is 2.12. The third-order valence-electron chi connectivity index (χ3n) is 4.40. The predicted octanol–water partition coefficient (Wildman–Crippen LogP) is 4.87. The molecule has 5 aromatic rings. The van der Waals surface area contributed by atoms with E-state index < -0.39 is 0 Å². The van der Waals surface area contributed by atoms with Gasteiger partial charge in [-0.05, 0) is 29.8 Å². The summed E-state index contributed by atoms with van der Waals surface area (Å²) in [7, 11) is 0. The molecule has 4 nitrogen and oxygen atoms in total. The van der Waals surface area contributed by atoms with Crippen molar-refractivity contribution in [3.63, 3.8) is 0 Å². The van der Waals surface area contributed by atoms with Crippen LogP contribution in [0.2, 0.25) is 0 Å². The Kier molecular flexibility index (Phi) is 3.40. The van der Waals surface area contributed by atoms with Gasteiger partial charge in [0.05, 0.1) is 21.4 Å². The third-order valence-corrected chi connectivity index (χ3v) is 5.19. The van der Waals surface area contributed by atoms with E-state index in [1.807, 2.05) is 48.0 Å². The summed E-state index contributed by atoms with van der Waals surface area (Å²) < 4.78 is 1.14. The number of nitrogens with one attached hydrogen (secondary N) is 1. The van der Waals surface area contributed by atoms with E-state index in [1.54, 1.807) is 11.3 Å². The molecular weight excluding hydrogens is 342 g/mol. The van der Waals surface area contributed by atoms with Crippen LogP contribution in [-0.4, -0.2) is 15.0 Å². The van der Waals surface area contributed by atoms with Gasteiger partial charge in [0.2, 0.25) is 5.56 Å². The van der Waals surface area contributed by atoms with E-state index in [9.17, 15) is 4.79 Å². The van der Waals surface area contributed by atoms with Crippen molar-refractivity contribution in [1.29, 1.82) is 0 Å². The number of fused-ring (bicyclic) bond motifs is 2. The number of aromatic nitrogens is 3. The number of hydrogen-bond donors (Lipinski definition) is 1. The molecule has 2 aromatic carbocycles. The van der Waals surface area contributed by atoms with Crippen molar-refractivity contribution in [3.05, 3.63) is 82.6 Å². The van der Waals surface area contributed by atoms with Crippen molar-refractivity contribution in [3.8, 4) is 22.4 Å². The van der Waals surface area contributed by atoms with Gasteiger partial charge in [-0.3, -0.25) is 4.79 Å². The van der Waals surface area contributed by atoms with Crippen LogP contribution < -0.4 is 5.56 Å². The van der Waals surface area contributed by atoms with E-state index in [4.69, 9.17) is 4.98 Å². The second kappa shape index (κ2) is 5.89. The van der Waals surface area contributed by atoms with Crippen molar-refractivity contribution in [2.24, 2.45) is 0 Å². The average molecular weight is 355 g/mol. The first kappa shape index (κ1) is 15.0. The maximum absolute atomic E-state index is 11.7. The SMILES string of the molecule is O=c1ccc2cc(-c3ccc4ncsc4c3)c(-c3ccccc3)nc2[nH]1. The normalized spacial score (nSPS) is 11.2. The Hall–Kier alpha value is -3.31. The predicted molar refractivity (Wildman–Crippen MR) is 106 cm³/mol. The van der Waals surface area contributed by atoms with Crippen LogP contribution in [-0.2, 0) is 0 Å². The van der Waals surface area contributed by atoms with Crippen molar-refractivity contribution < 1.29 is 0 Å². The minimum absolute atomic E-state index is 0.150. The summed E-state index contributed by atoms with van der Waals surface area (Å²) in [5, 5.41) is 0.906. The highest BCUT2D eigenvalue weighted by molar-refractivity contribution is 7.16.